The van der Waals surface area contributed by atoms with E-state index in [4.69, 9.17) is 0 Å². The SMILES string of the molecule is C/C(=N\Nc1nc(SCC(=O)NCCc2ccccc2)n[nH]1)c1ccc(F)cc1. The van der Waals surface area contributed by atoms with Crippen molar-refractivity contribution in [3.63, 3.8) is 0 Å². The maximum Gasteiger partial charge on any atom is 0.240 e. The highest BCUT2D eigenvalue weighted by Crippen LogP contribution is 2.14. The highest BCUT2D eigenvalue weighted by Gasteiger charge is 2.07. The molecule has 0 saturated heterocycles. The van der Waals surface area contributed by atoms with Gasteiger partial charge >= 0.3 is 0 Å². The van der Waals surface area contributed by atoms with Crippen LogP contribution in [0.2, 0.25) is 0 Å². The van der Waals surface area contributed by atoms with Gasteiger partial charge in [0, 0.05) is 6.54 Å². The Labute approximate surface area is 172 Å². The Morgan fingerprint density at radius 2 is 1.93 bits per heavy atom. The number of amides is 1. The Balaban J connectivity index is 1.41. The maximum absolute atomic E-state index is 13.0. The van der Waals surface area contributed by atoms with E-state index in [-0.39, 0.29) is 17.5 Å². The molecule has 0 fully saturated rings. The molecule has 0 aliphatic rings. The third kappa shape index (κ3) is 6.72. The summed E-state index contributed by atoms with van der Waals surface area (Å²) in [5, 5.41) is 14.3. The van der Waals surface area contributed by atoms with Gasteiger partial charge in [0.2, 0.25) is 17.0 Å². The zero-order valence-corrected chi connectivity index (χ0v) is 16.7. The predicted molar refractivity (Wildman–Crippen MR) is 112 cm³/mol. The van der Waals surface area contributed by atoms with Gasteiger partial charge in [0.25, 0.3) is 0 Å². The van der Waals surface area contributed by atoms with E-state index in [0.717, 1.165) is 12.0 Å². The number of hydrogen-bond donors (Lipinski definition) is 3. The molecule has 0 atom stereocenters. The molecule has 150 valence electrons. The normalized spacial score (nSPS) is 11.3. The monoisotopic (exact) mass is 412 g/mol. The van der Waals surface area contributed by atoms with Gasteiger partial charge in [-0.2, -0.15) is 10.1 Å². The van der Waals surface area contributed by atoms with Gasteiger partial charge in [-0.1, -0.05) is 54.2 Å². The number of hydrazone groups is 1. The molecule has 9 heteroatoms. The molecule has 0 spiro atoms. The van der Waals surface area contributed by atoms with Crippen molar-refractivity contribution in [2.75, 3.05) is 17.7 Å². The molecule has 0 aliphatic heterocycles. The van der Waals surface area contributed by atoms with E-state index in [1.54, 1.807) is 19.1 Å². The summed E-state index contributed by atoms with van der Waals surface area (Å²) < 4.78 is 13.0. The Morgan fingerprint density at radius 1 is 1.17 bits per heavy atom. The molecule has 1 heterocycles. The Hall–Kier alpha value is -3.20. The number of thioether (sulfide) groups is 1. The molecule has 2 aromatic carbocycles. The van der Waals surface area contributed by atoms with Crippen LogP contribution < -0.4 is 10.7 Å². The highest BCUT2D eigenvalue weighted by molar-refractivity contribution is 7.99. The van der Waals surface area contributed by atoms with E-state index in [1.165, 1.54) is 29.5 Å². The third-order valence-corrected chi connectivity index (χ3v) is 4.81. The molecule has 1 aromatic heterocycles. The molecule has 3 rings (SSSR count). The third-order valence-electron chi connectivity index (χ3n) is 3.97. The number of carbonyl (C=O) groups is 1. The van der Waals surface area contributed by atoms with E-state index in [0.29, 0.717) is 23.4 Å². The standard InChI is InChI=1S/C20H21FN6OS/c1-14(16-7-9-17(21)10-8-16)24-25-19-23-20(27-26-19)29-13-18(28)22-12-11-15-5-3-2-4-6-15/h2-10H,11-13H2,1H3,(H,22,28)(H2,23,25,26,27)/b24-14+. The quantitative estimate of drug-likeness (QED) is 0.285. The second-order valence-corrected chi connectivity index (χ2v) is 7.10. The number of rotatable bonds is 9. The van der Waals surface area contributed by atoms with Crippen LogP contribution in [0.1, 0.15) is 18.1 Å². The number of halogens is 1. The van der Waals surface area contributed by atoms with Gasteiger partial charge in [-0.25, -0.2) is 14.9 Å². The van der Waals surface area contributed by atoms with Crippen LogP contribution in [0.5, 0.6) is 0 Å². The van der Waals surface area contributed by atoms with Crippen molar-refractivity contribution in [2.24, 2.45) is 5.10 Å². The van der Waals surface area contributed by atoms with Gasteiger partial charge in [-0.05, 0) is 36.6 Å². The van der Waals surface area contributed by atoms with E-state index in [2.05, 4.69) is 31.0 Å². The van der Waals surface area contributed by atoms with Crippen molar-refractivity contribution >= 4 is 29.3 Å². The lowest BCUT2D eigenvalue weighted by molar-refractivity contribution is -0.118. The summed E-state index contributed by atoms with van der Waals surface area (Å²) >= 11 is 1.23. The number of H-pyrrole nitrogens is 1. The molecule has 1 amide bonds. The van der Waals surface area contributed by atoms with Crippen molar-refractivity contribution < 1.29 is 9.18 Å². The second kappa shape index (κ2) is 10.4. The van der Waals surface area contributed by atoms with Gasteiger partial charge in [0.15, 0.2) is 0 Å². The molecule has 3 aromatic rings. The van der Waals surface area contributed by atoms with Crippen molar-refractivity contribution in [3.05, 3.63) is 71.5 Å². The molecule has 29 heavy (non-hydrogen) atoms. The first-order valence-corrected chi connectivity index (χ1v) is 10.0. The minimum atomic E-state index is -0.296. The molecule has 0 radical (unpaired) electrons. The number of anilines is 1. The Morgan fingerprint density at radius 3 is 2.69 bits per heavy atom. The van der Waals surface area contributed by atoms with Crippen LogP contribution in [0.4, 0.5) is 10.3 Å². The number of carbonyl (C=O) groups excluding carboxylic acids is 1. The fourth-order valence-electron chi connectivity index (χ4n) is 2.43. The van der Waals surface area contributed by atoms with E-state index in [1.807, 2.05) is 30.3 Å². The fraction of sp³-hybridized carbons (Fsp3) is 0.200. The average molecular weight is 412 g/mol. The zero-order valence-electron chi connectivity index (χ0n) is 15.9. The minimum absolute atomic E-state index is 0.0737. The van der Waals surface area contributed by atoms with E-state index in [9.17, 15) is 9.18 Å². The lowest BCUT2D eigenvalue weighted by Gasteiger charge is -2.04. The first-order valence-electron chi connectivity index (χ1n) is 9.02. The summed E-state index contributed by atoms with van der Waals surface area (Å²) in [6.45, 7) is 2.38. The molecule has 3 N–H and O–H groups in total. The largest absolute Gasteiger partial charge is 0.355 e. The summed E-state index contributed by atoms with van der Waals surface area (Å²) in [6, 6.07) is 16.0. The predicted octanol–water partition coefficient (Wildman–Crippen LogP) is 3.23. The summed E-state index contributed by atoms with van der Waals surface area (Å²) in [7, 11) is 0. The van der Waals surface area contributed by atoms with Gasteiger partial charge in [0.1, 0.15) is 5.82 Å². The lowest BCUT2D eigenvalue weighted by Crippen LogP contribution is -2.27. The minimum Gasteiger partial charge on any atom is -0.355 e. The highest BCUT2D eigenvalue weighted by atomic mass is 32.2. The maximum atomic E-state index is 13.0. The number of nitrogens with zero attached hydrogens (tertiary/aromatic N) is 3. The summed E-state index contributed by atoms with van der Waals surface area (Å²) in [6.07, 6.45) is 0.789. The van der Waals surface area contributed by atoms with Crippen molar-refractivity contribution in [3.8, 4) is 0 Å². The molecular formula is C20H21FN6OS. The van der Waals surface area contributed by atoms with E-state index >= 15 is 0 Å². The Bertz CT molecular complexity index is 959. The number of benzene rings is 2. The molecule has 0 bridgehead atoms. The van der Waals surface area contributed by atoms with Crippen LogP contribution in [-0.2, 0) is 11.2 Å². The number of nitrogens with one attached hydrogen (secondary N) is 3. The lowest BCUT2D eigenvalue weighted by atomic mass is 10.1. The number of aromatic amines is 1. The van der Waals surface area contributed by atoms with Crippen LogP contribution in [0, 0.1) is 5.82 Å². The van der Waals surface area contributed by atoms with E-state index < -0.39 is 0 Å². The summed E-state index contributed by atoms with van der Waals surface area (Å²) in [5.74, 6) is 0.216. The molecule has 7 nitrogen and oxygen atoms in total. The van der Waals surface area contributed by atoms with Gasteiger partial charge in [0.05, 0.1) is 11.5 Å². The first-order chi connectivity index (χ1) is 14.1. The fourth-order valence-corrected chi connectivity index (χ4v) is 3.05. The number of aromatic nitrogens is 3. The molecule has 0 aliphatic carbocycles. The zero-order chi connectivity index (χ0) is 20.5. The van der Waals surface area contributed by atoms with Crippen LogP contribution in [0.3, 0.4) is 0 Å². The molecular weight excluding hydrogens is 391 g/mol. The second-order valence-electron chi connectivity index (χ2n) is 6.16. The topological polar surface area (TPSA) is 95.1 Å². The smallest absolute Gasteiger partial charge is 0.240 e. The van der Waals surface area contributed by atoms with Crippen LogP contribution in [-0.4, -0.2) is 39.1 Å². The van der Waals surface area contributed by atoms with Crippen molar-refractivity contribution in [2.45, 2.75) is 18.5 Å². The Kier molecular flexibility index (Phi) is 7.34. The van der Waals surface area contributed by atoms with Gasteiger partial charge < -0.3 is 5.32 Å². The van der Waals surface area contributed by atoms with Gasteiger partial charge in [-0.15, -0.1) is 5.10 Å². The summed E-state index contributed by atoms with van der Waals surface area (Å²) in [4.78, 5) is 16.2. The number of hydrogen-bond acceptors (Lipinski definition) is 6. The summed E-state index contributed by atoms with van der Waals surface area (Å²) in [5.41, 5.74) is 5.42. The average Bonchev–Trinajstić information content (AvgIpc) is 3.20. The van der Waals surface area contributed by atoms with Crippen LogP contribution in [0.25, 0.3) is 0 Å². The van der Waals surface area contributed by atoms with Crippen LogP contribution >= 0.6 is 11.8 Å². The first kappa shape index (κ1) is 20.5. The van der Waals surface area contributed by atoms with Crippen LogP contribution in [0.15, 0.2) is 64.9 Å². The molecule has 0 unspecified atom stereocenters. The molecule has 0 saturated carbocycles. The van der Waals surface area contributed by atoms with Crippen molar-refractivity contribution in [1.29, 1.82) is 0 Å². The van der Waals surface area contributed by atoms with Crippen molar-refractivity contribution in [1.82, 2.24) is 20.5 Å². The van der Waals surface area contributed by atoms with Gasteiger partial charge in [-0.3, -0.25) is 4.79 Å².